The molecule has 2 N–H and O–H groups in total. The molecule has 1 spiro atoms. The first kappa shape index (κ1) is 18.1. The highest BCUT2D eigenvalue weighted by molar-refractivity contribution is 6.06. The van der Waals surface area contributed by atoms with E-state index < -0.39 is 5.54 Å². The van der Waals surface area contributed by atoms with Crippen LogP contribution in [0.1, 0.15) is 38.2 Å². The van der Waals surface area contributed by atoms with Crippen LogP contribution < -0.4 is 19.7 Å². The Morgan fingerprint density at radius 2 is 1.89 bits per heavy atom. The van der Waals surface area contributed by atoms with Crippen LogP contribution in [0.5, 0.6) is 11.5 Å². The molecule has 1 aromatic carbocycles. The third-order valence-corrected chi connectivity index (χ3v) is 5.91. The molecule has 1 atom stereocenters. The summed E-state index contributed by atoms with van der Waals surface area (Å²) in [4.78, 5) is 27.9. The third kappa shape index (κ3) is 3.48. The highest BCUT2D eigenvalue weighted by Gasteiger charge is 2.52. The van der Waals surface area contributed by atoms with E-state index in [1.807, 2.05) is 25.2 Å². The monoisotopic (exact) mass is 374 g/mol. The molecule has 0 bridgehead atoms. The number of hydrogen-bond donors (Lipinski definition) is 2. The summed E-state index contributed by atoms with van der Waals surface area (Å²) in [6, 6.07) is 5.65. The fraction of sp³-hybridized carbons (Fsp3) is 0.600. The molecule has 2 fully saturated rings. The molecule has 2 aliphatic heterocycles. The average Bonchev–Trinajstić information content (AvgIpc) is 2.88. The van der Waals surface area contributed by atoms with Crippen molar-refractivity contribution in [1.82, 2.24) is 10.2 Å². The zero-order chi connectivity index (χ0) is 19.0. The molecular formula is C20H28N3O4+. The minimum atomic E-state index is -0.666. The largest absolute Gasteiger partial charge is 0.486 e. The smallest absolute Gasteiger partial charge is 0.329 e. The SMILES string of the molecule is CC1CCC2(CC1)NC(=O)N(C[NH+](C)Cc1ccc3c(c1)OCCO3)C2=O. The number of nitrogens with one attached hydrogen (secondary N) is 2. The number of carbonyl (C=O) groups is 2. The van der Waals surface area contributed by atoms with Crippen LogP contribution in [0.15, 0.2) is 18.2 Å². The van der Waals surface area contributed by atoms with Gasteiger partial charge in [-0.15, -0.1) is 0 Å². The Morgan fingerprint density at radius 1 is 1.19 bits per heavy atom. The van der Waals surface area contributed by atoms with Crippen molar-refractivity contribution in [3.05, 3.63) is 23.8 Å². The Kier molecular flexibility index (Phi) is 4.72. The number of rotatable bonds is 4. The number of urea groups is 1. The molecule has 27 heavy (non-hydrogen) atoms. The van der Waals surface area contributed by atoms with Crippen molar-refractivity contribution in [3.8, 4) is 11.5 Å². The van der Waals surface area contributed by atoms with Crippen molar-refractivity contribution in [1.29, 1.82) is 0 Å². The first-order valence-electron chi connectivity index (χ1n) is 9.81. The van der Waals surface area contributed by atoms with Gasteiger partial charge in [0, 0.05) is 5.56 Å². The fourth-order valence-electron chi connectivity index (χ4n) is 4.29. The quantitative estimate of drug-likeness (QED) is 0.769. The molecule has 1 aliphatic carbocycles. The average molecular weight is 374 g/mol. The van der Waals surface area contributed by atoms with E-state index in [2.05, 4.69) is 12.2 Å². The van der Waals surface area contributed by atoms with E-state index >= 15 is 0 Å². The lowest BCUT2D eigenvalue weighted by Gasteiger charge is -2.33. The molecule has 7 nitrogen and oxygen atoms in total. The van der Waals surface area contributed by atoms with E-state index in [1.54, 1.807) is 0 Å². The second kappa shape index (κ2) is 7.03. The molecule has 1 unspecified atom stereocenters. The lowest BCUT2D eigenvalue weighted by Crippen LogP contribution is -3.09. The second-order valence-electron chi connectivity index (χ2n) is 8.20. The number of ether oxygens (including phenoxy) is 2. The fourth-order valence-corrected chi connectivity index (χ4v) is 4.29. The number of quaternary nitrogens is 1. The van der Waals surface area contributed by atoms with Gasteiger partial charge in [0.2, 0.25) is 0 Å². The van der Waals surface area contributed by atoms with Crippen molar-refractivity contribution in [2.45, 2.75) is 44.7 Å². The zero-order valence-corrected chi connectivity index (χ0v) is 16.0. The van der Waals surface area contributed by atoms with Gasteiger partial charge in [-0.05, 0) is 49.8 Å². The summed E-state index contributed by atoms with van der Waals surface area (Å²) in [5, 5.41) is 2.99. The number of fused-ring (bicyclic) bond motifs is 1. The van der Waals surface area contributed by atoms with Gasteiger partial charge < -0.3 is 19.7 Å². The van der Waals surface area contributed by atoms with Gasteiger partial charge in [-0.25, -0.2) is 9.69 Å². The molecular weight excluding hydrogens is 346 g/mol. The molecule has 3 amide bonds. The van der Waals surface area contributed by atoms with Crippen LogP contribution in [-0.4, -0.2) is 49.3 Å². The number of imide groups is 1. The van der Waals surface area contributed by atoms with E-state index in [-0.39, 0.29) is 11.9 Å². The maximum atomic E-state index is 13.0. The lowest BCUT2D eigenvalue weighted by molar-refractivity contribution is -0.901. The van der Waals surface area contributed by atoms with Crippen molar-refractivity contribution in [3.63, 3.8) is 0 Å². The molecule has 0 radical (unpaired) electrons. The van der Waals surface area contributed by atoms with E-state index in [4.69, 9.17) is 9.47 Å². The molecule has 2 heterocycles. The molecule has 0 aromatic heterocycles. The molecule has 1 aromatic rings. The summed E-state index contributed by atoms with van der Waals surface area (Å²) in [7, 11) is 1.99. The normalized spacial score (nSPS) is 28.4. The highest BCUT2D eigenvalue weighted by Crippen LogP contribution is 2.36. The van der Waals surface area contributed by atoms with E-state index in [0.29, 0.717) is 32.3 Å². The molecule has 146 valence electrons. The summed E-state index contributed by atoms with van der Waals surface area (Å²) in [5.41, 5.74) is 0.422. The van der Waals surface area contributed by atoms with Crippen LogP contribution in [0, 0.1) is 5.92 Å². The summed E-state index contributed by atoms with van der Waals surface area (Å²) >= 11 is 0. The van der Waals surface area contributed by atoms with Gasteiger partial charge in [-0.3, -0.25) is 4.79 Å². The van der Waals surface area contributed by atoms with Gasteiger partial charge in [0.15, 0.2) is 18.2 Å². The van der Waals surface area contributed by atoms with Crippen molar-refractivity contribution in [2.24, 2.45) is 5.92 Å². The van der Waals surface area contributed by atoms with Gasteiger partial charge in [-0.2, -0.15) is 0 Å². The maximum absolute atomic E-state index is 13.0. The number of carbonyl (C=O) groups excluding carboxylic acids is 2. The number of benzene rings is 1. The van der Waals surface area contributed by atoms with Gasteiger partial charge in [0.05, 0.1) is 7.05 Å². The van der Waals surface area contributed by atoms with Gasteiger partial charge >= 0.3 is 6.03 Å². The topological polar surface area (TPSA) is 72.3 Å². The Labute approximate surface area is 159 Å². The van der Waals surface area contributed by atoms with Gasteiger partial charge in [-0.1, -0.05) is 6.92 Å². The number of hydrogen-bond acceptors (Lipinski definition) is 4. The Balaban J connectivity index is 1.40. The molecule has 4 rings (SSSR count). The zero-order valence-electron chi connectivity index (χ0n) is 16.0. The summed E-state index contributed by atoms with van der Waals surface area (Å²) in [5.74, 6) is 2.10. The van der Waals surface area contributed by atoms with Crippen LogP contribution in [0.4, 0.5) is 4.79 Å². The predicted octanol–water partition coefficient (Wildman–Crippen LogP) is 0.931. The third-order valence-electron chi connectivity index (χ3n) is 5.91. The Morgan fingerprint density at radius 3 is 2.63 bits per heavy atom. The minimum absolute atomic E-state index is 0.0547. The van der Waals surface area contributed by atoms with Crippen molar-refractivity contribution < 1.29 is 24.0 Å². The van der Waals surface area contributed by atoms with Crippen molar-refractivity contribution in [2.75, 3.05) is 26.9 Å². The Bertz CT molecular complexity index is 743. The highest BCUT2D eigenvalue weighted by atomic mass is 16.6. The number of amides is 3. The minimum Gasteiger partial charge on any atom is -0.486 e. The van der Waals surface area contributed by atoms with Crippen LogP contribution in [0.25, 0.3) is 0 Å². The molecule has 3 aliphatic rings. The first-order valence-corrected chi connectivity index (χ1v) is 9.81. The standard InChI is InChI=1S/C20H27N3O4/c1-14-5-7-20(8-6-14)18(24)23(19(25)21-20)13-22(2)12-15-3-4-16-17(11-15)27-10-9-26-16/h3-4,11,14H,5-10,12-13H2,1-2H3,(H,21,25)/p+1. The summed E-state index contributed by atoms with van der Waals surface area (Å²) < 4.78 is 11.2. The second-order valence-corrected chi connectivity index (χ2v) is 8.20. The van der Waals surface area contributed by atoms with Crippen molar-refractivity contribution >= 4 is 11.9 Å². The van der Waals surface area contributed by atoms with Gasteiger partial charge in [0.25, 0.3) is 5.91 Å². The molecule has 1 saturated heterocycles. The van der Waals surface area contributed by atoms with Crippen LogP contribution in [-0.2, 0) is 11.3 Å². The summed E-state index contributed by atoms with van der Waals surface area (Å²) in [6.45, 7) is 4.39. The van der Waals surface area contributed by atoms with Crippen LogP contribution in [0.3, 0.4) is 0 Å². The predicted molar refractivity (Wildman–Crippen MR) is 98.6 cm³/mol. The van der Waals surface area contributed by atoms with Crippen LogP contribution in [0.2, 0.25) is 0 Å². The van der Waals surface area contributed by atoms with E-state index in [0.717, 1.165) is 47.6 Å². The lowest BCUT2D eigenvalue weighted by atomic mass is 9.77. The van der Waals surface area contributed by atoms with E-state index in [9.17, 15) is 9.59 Å². The summed E-state index contributed by atoms with van der Waals surface area (Å²) in [6.07, 6.45) is 3.46. The van der Waals surface area contributed by atoms with E-state index in [1.165, 1.54) is 4.90 Å². The molecule has 1 saturated carbocycles. The van der Waals surface area contributed by atoms with Crippen LogP contribution >= 0.6 is 0 Å². The first-order chi connectivity index (χ1) is 13.0. The molecule has 7 heteroatoms. The maximum Gasteiger partial charge on any atom is 0.329 e. The van der Waals surface area contributed by atoms with Gasteiger partial charge in [0.1, 0.15) is 25.3 Å². The number of nitrogens with zero attached hydrogens (tertiary/aromatic N) is 1. The Hall–Kier alpha value is -2.28.